The van der Waals surface area contributed by atoms with Crippen LogP contribution in [-0.4, -0.2) is 47.4 Å². The fourth-order valence-electron chi connectivity index (χ4n) is 2.16. The van der Waals surface area contributed by atoms with Gasteiger partial charge in [0.15, 0.2) is 0 Å². The third-order valence-corrected chi connectivity index (χ3v) is 3.00. The summed E-state index contributed by atoms with van der Waals surface area (Å²) in [6.07, 6.45) is 0.702. The van der Waals surface area contributed by atoms with Gasteiger partial charge in [0.05, 0.1) is 6.42 Å². The Morgan fingerprint density at radius 3 is 2.55 bits per heavy atom. The summed E-state index contributed by atoms with van der Waals surface area (Å²) in [6.45, 7) is 8.19. The second-order valence-electron chi connectivity index (χ2n) is 5.89. The molecule has 0 radical (unpaired) electrons. The van der Waals surface area contributed by atoms with Crippen molar-refractivity contribution in [1.29, 1.82) is 0 Å². The Bertz CT molecular complexity index is 387. The Labute approximate surface area is 119 Å². The van der Waals surface area contributed by atoms with E-state index in [1.165, 1.54) is 0 Å². The maximum absolute atomic E-state index is 12.1. The summed E-state index contributed by atoms with van der Waals surface area (Å²) in [5.74, 6) is -0.678. The van der Waals surface area contributed by atoms with Crippen LogP contribution in [0.3, 0.4) is 0 Å². The zero-order chi connectivity index (χ0) is 15.3. The van der Waals surface area contributed by atoms with Crippen molar-refractivity contribution in [2.45, 2.75) is 58.6 Å². The molecule has 0 saturated carbocycles. The van der Waals surface area contributed by atoms with Crippen molar-refractivity contribution in [2.75, 3.05) is 13.1 Å². The Hall–Kier alpha value is -1.59. The first-order valence-corrected chi connectivity index (χ1v) is 7.03. The van der Waals surface area contributed by atoms with Gasteiger partial charge >= 0.3 is 5.97 Å². The predicted molar refractivity (Wildman–Crippen MR) is 73.9 cm³/mol. The minimum atomic E-state index is -0.545. The lowest BCUT2D eigenvalue weighted by Crippen LogP contribution is -2.56. The number of hydrogen-bond donors (Lipinski definition) is 1. The number of piperazine rings is 1. The molecule has 6 heteroatoms. The van der Waals surface area contributed by atoms with Crippen LogP contribution in [-0.2, 0) is 19.1 Å². The third kappa shape index (κ3) is 4.83. The third-order valence-electron chi connectivity index (χ3n) is 3.00. The first-order chi connectivity index (χ1) is 9.24. The van der Waals surface area contributed by atoms with E-state index in [1.807, 2.05) is 6.92 Å². The number of nitrogens with zero attached hydrogens (tertiary/aromatic N) is 1. The molecular weight excluding hydrogens is 260 g/mol. The summed E-state index contributed by atoms with van der Waals surface area (Å²) in [7, 11) is 0. The molecule has 0 aromatic heterocycles. The van der Waals surface area contributed by atoms with Crippen LogP contribution in [0.5, 0.6) is 0 Å². The maximum atomic E-state index is 12.1. The number of carbonyl (C=O) groups excluding carboxylic acids is 3. The molecule has 1 aliphatic heterocycles. The Morgan fingerprint density at radius 2 is 2.00 bits per heavy atom. The van der Waals surface area contributed by atoms with Gasteiger partial charge < -0.3 is 15.0 Å². The van der Waals surface area contributed by atoms with Gasteiger partial charge in [-0.2, -0.15) is 0 Å². The van der Waals surface area contributed by atoms with Crippen LogP contribution < -0.4 is 5.32 Å². The summed E-state index contributed by atoms with van der Waals surface area (Å²) < 4.78 is 5.16. The lowest BCUT2D eigenvalue weighted by Gasteiger charge is -2.34. The topological polar surface area (TPSA) is 75.7 Å². The molecule has 114 valence electrons. The number of rotatable bonds is 4. The molecule has 0 aromatic rings. The van der Waals surface area contributed by atoms with E-state index in [1.54, 1.807) is 25.7 Å². The van der Waals surface area contributed by atoms with Gasteiger partial charge in [0.1, 0.15) is 11.6 Å². The quantitative estimate of drug-likeness (QED) is 0.776. The fourth-order valence-corrected chi connectivity index (χ4v) is 2.16. The van der Waals surface area contributed by atoms with Gasteiger partial charge in [-0.1, -0.05) is 6.92 Å². The Morgan fingerprint density at radius 1 is 1.35 bits per heavy atom. The summed E-state index contributed by atoms with van der Waals surface area (Å²) in [4.78, 5) is 36.9. The van der Waals surface area contributed by atoms with Crippen LogP contribution in [0, 0.1) is 0 Å². The summed E-state index contributed by atoms with van der Waals surface area (Å²) in [6, 6.07) is -0.421. The average Bonchev–Trinajstić information content (AvgIpc) is 2.33. The SMILES string of the molecule is CCC1C(=O)NCCN1C(=O)CCC(=O)OC(C)(C)C. The molecule has 6 nitrogen and oxygen atoms in total. The number of esters is 1. The van der Waals surface area contributed by atoms with Gasteiger partial charge in [-0.05, 0) is 27.2 Å². The molecule has 1 aliphatic rings. The van der Waals surface area contributed by atoms with Gasteiger partial charge in [0, 0.05) is 19.5 Å². The average molecular weight is 284 g/mol. The highest BCUT2D eigenvalue weighted by atomic mass is 16.6. The molecule has 1 heterocycles. The van der Waals surface area contributed by atoms with Crippen molar-refractivity contribution in [3.8, 4) is 0 Å². The summed E-state index contributed by atoms with van der Waals surface area (Å²) in [5.41, 5.74) is -0.545. The van der Waals surface area contributed by atoms with E-state index in [0.29, 0.717) is 19.5 Å². The van der Waals surface area contributed by atoms with Crippen LogP contribution in [0.15, 0.2) is 0 Å². The number of nitrogens with one attached hydrogen (secondary N) is 1. The molecule has 1 atom stereocenters. The van der Waals surface area contributed by atoms with Crippen molar-refractivity contribution < 1.29 is 19.1 Å². The number of ether oxygens (including phenoxy) is 1. The molecule has 1 saturated heterocycles. The number of amides is 2. The van der Waals surface area contributed by atoms with E-state index in [2.05, 4.69) is 5.32 Å². The van der Waals surface area contributed by atoms with Crippen molar-refractivity contribution in [3.05, 3.63) is 0 Å². The second-order valence-corrected chi connectivity index (χ2v) is 5.89. The van der Waals surface area contributed by atoms with E-state index in [9.17, 15) is 14.4 Å². The smallest absolute Gasteiger partial charge is 0.306 e. The van der Waals surface area contributed by atoms with Crippen LogP contribution >= 0.6 is 0 Å². The van der Waals surface area contributed by atoms with Gasteiger partial charge in [-0.25, -0.2) is 0 Å². The van der Waals surface area contributed by atoms with E-state index >= 15 is 0 Å². The summed E-state index contributed by atoms with van der Waals surface area (Å²) in [5, 5.41) is 2.74. The molecule has 1 rings (SSSR count). The van der Waals surface area contributed by atoms with Crippen molar-refractivity contribution >= 4 is 17.8 Å². The lowest BCUT2D eigenvalue weighted by atomic mass is 10.1. The maximum Gasteiger partial charge on any atom is 0.306 e. The van der Waals surface area contributed by atoms with E-state index in [0.717, 1.165) is 0 Å². The summed E-state index contributed by atoms with van der Waals surface area (Å²) >= 11 is 0. The number of hydrogen-bond acceptors (Lipinski definition) is 4. The highest BCUT2D eigenvalue weighted by Crippen LogP contribution is 2.13. The molecule has 1 fully saturated rings. The molecule has 0 spiro atoms. The highest BCUT2D eigenvalue weighted by Gasteiger charge is 2.31. The fraction of sp³-hybridized carbons (Fsp3) is 0.786. The molecule has 1 N–H and O–H groups in total. The van der Waals surface area contributed by atoms with Crippen LogP contribution in [0.4, 0.5) is 0 Å². The Kier molecular flexibility index (Phi) is 5.53. The molecule has 20 heavy (non-hydrogen) atoms. The standard InChI is InChI=1S/C14H24N2O4/c1-5-10-13(19)15-8-9-16(10)11(17)6-7-12(18)20-14(2,3)4/h10H,5-9H2,1-4H3,(H,15,19). The van der Waals surface area contributed by atoms with Gasteiger partial charge in [-0.15, -0.1) is 0 Å². The predicted octanol–water partition coefficient (Wildman–Crippen LogP) is 0.845. The van der Waals surface area contributed by atoms with E-state index < -0.39 is 11.6 Å². The molecule has 1 unspecified atom stereocenters. The number of carbonyl (C=O) groups is 3. The van der Waals surface area contributed by atoms with Gasteiger partial charge in [-0.3, -0.25) is 14.4 Å². The molecule has 0 bridgehead atoms. The first kappa shape index (κ1) is 16.5. The zero-order valence-corrected chi connectivity index (χ0v) is 12.7. The molecule has 2 amide bonds. The first-order valence-electron chi connectivity index (χ1n) is 7.03. The largest absolute Gasteiger partial charge is 0.460 e. The van der Waals surface area contributed by atoms with Crippen LogP contribution in [0.25, 0.3) is 0 Å². The van der Waals surface area contributed by atoms with Crippen LogP contribution in [0.1, 0.15) is 47.0 Å². The van der Waals surface area contributed by atoms with Crippen LogP contribution in [0.2, 0.25) is 0 Å². The van der Waals surface area contributed by atoms with Crippen molar-refractivity contribution in [1.82, 2.24) is 10.2 Å². The zero-order valence-electron chi connectivity index (χ0n) is 12.7. The molecule has 0 aromatic carbocycles. The van der Waals surface area contributed by atoms with Crippen molar-refractivity contribution in [3.63, 3.8) is 0 Å². The van der Waals surface area contributed by atoms with E-state index in [-0.39, 0.29) is 30.6 Å². The highest BCUT2D eigenvalue weighted by molar-refractivity contribution is 5.89. The minimum absolute atomic E-state index is 0.0463. The van der Waals surface area contributed by atoms with Gasteiger partial charge in [0.2, 0.25) is 11.8 Å². The Balaban J connectivity index is 2.49. The monoisotopic (exact) mass is 284 g/mol. The lowest BCUT2D eigenvalue weighted by molar-refractivity contribution is -0.156. The molecule has 0 aliphatic carbocycles. The minimum Gasteiger partial charge on any atom is -0.460 e. The second kappa shape index (κ2) is 6.72. The molecular formula is C14H24N2O4. The van der Waals surface area contributed by atoms with Crippen molar-refractivity contribution in [2.24, 2.45) is 0 Å². The normalized spacial score (nSPS) is 19.5. The van der Waals surface area contributed by atoms with Gasteiger partial charge in [0.25, 0.3) is 0 Å². The van der Waals surface area contributed by atoms with E-state index in [4.69, 9.17) is 4.74 Å².